The fourth-order valence-electron chi connectivity index (χ4n) is 0.408. The van der Waals surface area contributed by atoms with Crippen molar-refractivity contribution >= 4 is 0 Å². The van der Waals surface area contributed by atoms with Crippen LogP contribution >= 0.6 is 0 Å². The Hall–Kier alpha value is 0.519. The molecule has 0 spiro atoms. The van der Waals surface area contributed by atoms with Gasteiger partial charge in [0.25, 0.3) is 0 Å². The standard InChI is InChI=1S/C6H13.Cu/c1-3-5-6-4-2;/h3H,4-6H2,1-2H3;/q-1;+1. The molecule has 0 heterocycles. The van der Waals surface area contributed by atoms with Crippen molar-refractivity contribution in [2.24, 2.45) is 0 Å². The molecule has 0 saturated heterocycles. The van der Waals surface area contributed by atoms with Crippen molar-refractivity contribution in [3.05, 3.63) is 6.42 Å². The van der Waals surface area contributed by atoms with Crippen LogP contribution in [-0.2, 0) is 17.1 Å². The molecule has 0 saturated carbocycles. The molecule has 0 nitrogen and oxygen atoms in total. The molecular weight excluding hydrogens is 136 g/mol. The zero-order valence-corrected chi connectivity index (χ0v) is 5.94. The Morgan fingerprint density at radius 1 is 1.43 bits per heavy atom. The third-order valence-corrected chi connectivity index (χ3v) is 0.846. The Kier molecular flexibility index (Phi) is 14.6. The summed E-state index contributed by atoms with van der Waals surface area (Å²) in [6, 6.07) is 0. The predicted octanol–water partition coefficient (Wildman–Crippen LogP) is 2.40. The van der Waals surface area contributed by atoms with Crippen molar-refractivity contribution in [3.8, 4) is 0 Å². The van der Waals surface area contributed by atoms with Gasteiger partial charge in [0.1, 0.15) is 0 Å². The van der Waals surface area contributed by atoms with E-state index in [2.05, 4.69) is 20.3 Å². The molecule has 0 aliphatic heterocycles. The van der Waals surface area contributed by atoms with Crippen LogP contribution in [0, 0.1) is 6.42 Å². The topological polar surface area (TPSA) is 0 Å². The molecule has 1 heteroatoms. The minimum absolute atomic E-state index is 0. The van der Waals surface area contributed by atoms with E-state index in [1.807, 2.05) is 0 Å². The first-order valence-electron chi connectivity index (χ1n) is 2.69. The van der Waals surface area contributed by atoms with E-state index in [1.165, 1.54) is 19.3 Å². The average Bonchev–Trinajstić information content (AvgIpc) is 1.61. The first kappa shape index (κ1) is 10.5. The molecule has 48 valence electrons. The van der Waals surface area contributed by atoms with Gasteiger partial charge in [0.2, 0.25) is 0 Å². The second-order valence-corrected chi connectivity index (χ2v) is 1.55. The average molecular weight is 149 g/mol. The Bertz CT molecular complexity index is 16.1. The maximum Gasteiger partial charge on any atom is 1.00 e. The minimum Gasteiger partial charge on any atom is -0.332 e. The van der Waals surface area contributed by atoms with Crippen LogP contribution in [0.5, 0.6) is 0 Å². The molecule has 0 fully saturated rings. The minimum atomic E-state index is 0. The second-order valence-electron chi connectivity index (χ2n) is 1.55. The van der Waals surface area contributed by atoms with E-state index in [0.717, 1.165) is 0 Å². The van der Waals surface area contributed by atoms with Crippen LogP contribution in [0.2, 0.25) is 0 Å². The zero-order chi connectivity index (χ0) is 4.83. The van der Waals surface area contributed by atoms with Crippen molar-refractivity contribution in [2.75, 3.05) is 0 Å². The van der Waals surface area contributed by atoms with Gasteiger partial charge in [-0.25, -0.2) is 0 Å². The van der Waals surface area contributed by atoms with E-state index in [4.69, 9.17) is 0 Å². The van der Waals surface area contributed by atoms with Gasteiger partial charge in [-0.05, 0) is 0 Å². The predicted molar refractivity (Wildman–Crippen MR) is 29.5 cm³/mol. The molecule has 0 radical (unpaired) electrons. The van der Waals surface area contributed by atoms with Crippen LogP contribution in [0.3, 0.4) is 0 Å². The number of unbranched alkanes of at least 4 members (excludes halogenated alkanes) is 3. The van der Waals surface area contributed by atoms with Gasteiger partial charge in [-0.1, -0.05) is 19.8 Å². The molecule has 0 aliphatic carbocycles. The molecule has 0 aromatic rings. The summed E-state index contributed by atoms with van der Waals surface area (Å²) in [6.07, 6.45) is 6.18. The molecule has 0 aromatic heterocycles. The molecule has 7 heavy (non-hydrogen) atoms. The molecule has 0 atom stereocenters. The molecule has 0 aliphatic rings. The number of hydrogen-bond acceptors (Lipinski definition) is 0. The SMILES string of the molecule is C[CH-]CCCC.[Cu+]. The van der Waals surface area contributed by atoms with Crippen LogP contribution in [0.1, 0.15) is 33.1 Å². The third-order valence-electron chi connectivity index (χ3n) is 0.846. The van der Waals surface area contributed by atoms with Gasteiger partial charge in [0, 0.05) is 0 Å². The first-order valence-corrected chi connectivity index (χ1v) is 2.69. The maximum atomic E-state index is 2.21. The number of rotatable bonds is 3. The fourth-order valence-corrected chi connectivity index (χ4v) is 0.408. The summed E-state index contributed by atoms with van der Waals surface area (Å²) in [5, 5.41) is 0. The van der Waals surface area contributed by atoms with E-state index in [-0.39, 0.29) is 17.1 Å². The van der Waals surface area contributed by atoms with E-state index in [0.29, 0.717) is 0 Å². The van der Waals surface area contributed by atoms with E-state index in [9.17, 15) is 0 Å². The monoisotopic (exact) mass is 148 g/mol. The first-order chi connectivity index (χ1) is 2.91. The second kappa shape index (κ2) is 9.72. The Morgan fingerprint density at radius 3 is 2.14 bits per heavy atom. The fraction of sp³-hybridized carbons (Fsp3) is 0.833. The van der Waals surface area contributed by atoms with E-state index in [1.54, 1.807) is 0 Å². The van der Waals surface area contributed by atoms with Gasteiger partial charge in [-0.15, -0.1) is 0 Å². The Morgan fingerprint density at radius 2 is 2.00 bits per heavy atom. The Balaban J connectivity index is 0. The van der Waals surface area contributed by atoms with Crippen molar-refractivity contribution in [1.29, 1.82) is 0 Å². The summed E-state index contributed by atoms with van der Waals surface area (Å²) in [5.74, 6) is 0. The summed E-state index contributed by atoms with van der Waals surface area (Å²) >= 11 is 0. The Labute approximate surface area is 57.2 Å². The van der Waals surface area contributed by atoms with Gasteiger partial charge in [-0.3, -0.25) is 0 Å². The largest absolute Gasteiger partial charge is 1.00 e. The van der Waals surface area contributed by atoms with Crippen molar-refractivity contribution in [3.63, 3.8) is 0 Å². The smallest absolute Gasteiger partial charge is 0.332 e. The van der Waals surface area contributed by atoms with Crippen LogP contribution in [-0.4, -0.2) is 0 Å². The zero-order valence-electron chi connectivity index (χ0n) is 5.00. The molecule has 0 amide bonds. The van der Waals surface area contributed by atoms with Gasteiger partial charge in [-0.2, -0.15) is 13.3 Å². The van der Waals surface area contributed by atoms with E-state index >= 15 is 0 Å². The normalized spacial score (nSPS) is 7.71. The quantitative estimate of drug-likeness (QED) is 0.328. The van der Waals surface area contributed by atoms with Crippen LogP contribution in [0.15, 0.2) is 0 Å². The van der Waals surface area contributed by atoms with Crippen LogP contribution in [0.25, 0.3) is 0 Å². The summed E-state index contributed by atoms with van der Waals surface area (Å²) in [6.45, 7) is 4.32. The summed E-state index contributed by atoms with van der Waals surface area (Å²) in [4.78, 5) is 0. The van der Waals surface area contributed by atoms with Gasteiger partial charge in [0.05, 0.1) is 0 Å². The molecule has 0 aromatic carbocycles. The summed E-state index contributed by atoms with van der Waals surface area (Å²) in [7, 11) is 0. The number of hydrogen-bond donors (Lipinski definition) is 0. The maximum absolute atomic E-state index is 2.21. The summed E-state index contributed by atoms with van der Waals surface area (Å²) in [5.41, 5.74) is 0. The molecular formula is C6H13Cu. The van der Waals surface area contributed by atoms with Gasteiger partial charge >= 0.3 is 17.1 Å². The van der Waals surface area contributed by atoms with Crippen LogP contribution < -0.4 is 0 Å². The van der Waals surface area contributed by atoms with Gasteiger partial charge in [0.15, 0.2) is 0 Å². The summed E-state index contributed by atoms with van der Waals surface area (Å²) < 4.78 is 0. The van der Waals surface area contributed by atoms with Crippen LogP contribution in [0.4, 0.5) is 0 Å². The third kappa shape index (κ3) is 10.8. The molecule has 0 unspecified atom stereocenters. The molecule has 0 bridgehead atoms. The van der Waals surface area contributed by atoms with Crippen molar-refractivity contribution in [1.82, 2.24) is 0 Å². The molecule has 0 rings (SSSR count). The van der Waals surface area contributed by atoms with Crippen molar-refractivity contribution in [2.45, 2.75) is 33.1 Å². The van der Waals surface area contributed by atoms with Crippen molar-refractivity contribution < 1.29 is 17.1 Å². The molecule has 0 N–H and O–H groups in total. The van der Waals surface area contributed by atoms with Gasteiger partial charge < -0.3 is 6.42 Å². The van der Waals surface area contributed by atoms with E-state index < -0.39 is 0 Å².